The first kappa shape index (κ1) is 11.9. The molecule has 7 heteroatoms. The van der Waals surface area contributed by atoms with Gasteiger partial charge in [0.1, 0.15) is 0 Å². The van der Waals surface area contributed by atoms with E-state index < -0.39 is 6.36 Å². The number of nitrogens with two attached hydrogens (primary N) is 1. The van der Waals surface area contributed by atoms with E-state index in [1.807, 2.05) is 0 Å². The summed E-state index contributed by atoms with van der Waals surface area (Å²) in [6, 6.07) is 2.75. The summed E-state index contributed by atoms with van der Waals surface area (Å²) in [6.45, 7) is 0. The zero-order chi connectivity index (χ0) is 10.9. The lowest BCUT2D eigenvalue weighted by molar-refractivity contribution is -0.275. The van der Waals surface area contributed by atoms with Crippen molar-refractivity contribution in [3.8, 4) is 5.75 Å². The highest BCUT2D eigenvalue weighted by molar-refractivity contribution is 14.1. The number of benzene rings is 1. The summed E-state index contributed by atoms with van der Waals surface area (Å²) in [6.07, 6.45) is -4.70. The second kappa shape index (κ2) is 4.13. The maximum atomic E-state index is 11.9. The third-order valence-electron chi connectivity index (χ3n) is 1.24. The zero-order valence-corrected chi connectivity index (χ0v) is 10.3. The van der Waals surface area contributed by atoms with E-state index in [1.165, 1.54) is 12.1 Å². The zero-order valence-electron chi connectivity index (χ0n) is 6.53. The molecule has 1 aromatic rings. The van der Waals surface area contributed by atoms with Gasteiger partial charge in [0.05, 0.1) is 8.04 Å². The minimum absolute atomic E-state index is 0.180. The number of hydrogen-bond donors (Lipinski definition) is 1. The topological polar surface area (TPSA) is 35.2 Å². The van der Waals surface area contributed by atoms with Crippen LogP contribution in [0.4, 0.5) is 18.9 Å². The van der Waals surface area contributed by atoms with Gasteiger partial charge < -0.3 is 10.5 Å². The number of ether oxygens (including phenoxy) is 1. The van der Waals surface area contributed by atoms with Gasteiger partial charge in [-0.05, 0) is 50.7 Å². The van der Waals surface area contributed by atoms with Crippen LogP contribution in [0.1, 0.15) is 0 Å². The van der Waals surface area contributed by atoms with Crippen LogP contribution in [0.5, 0.6) is 5.75 Å². The smallest absolute Gasteiger partial charge is 0.403 e. The van der Waals surface area contributed by atoms with Gasteiger partial charge in [0.25, 0.3) is 0 Å². The molecule has 0 heterocycles. The lowest BCUT2D eigenvalue weighted by Gasteiger charge is -2.12. The monoisotopic (exact) mass is 381 g/mol. The fourth-order valence-electron chi connectivity index (χ4n) is 0.793. The first-order chi connectivity index (χ1) is 6.29. The molecule has 1 rings (SSSR count). The number of alkyl halides is 3. The van der Waals surface area contributed by atoms with Crippen molar-refractivity contribution >= 4 is 44.2 Å². The third kappa shape index (κ3) is 3.19. The van der Waals surface area contributed by atoms with Crippen molar-refractivity contribution in [2.45, 2.75) is 6.36 Å². The van der Waals surface area contributed by atoms with Crippen molar-refractivity contribution in [2.75, 3.05) is 5.73 Å². The van der Waals surface area contributed by atoms with Crippen molar-refractivity contribution in [1.82, 2.24) is 0 Å². The van der Waals surface area contributed by atoms with E-state index in [9.17, 15) is 13.2 Å². The number of nitrogen functional groups attached to an aromatic ring is 1. The molecule has 0 spiro atoms. The molecule has 0 aliphatic heterocycles. The van der Waals surface area contributed by atoms with Crippen molar-refractivity contribution < 1.29 is 17.9 Å². The minimum Gasteiger partial charge on any atom is -0.403 e. The Bertz CT molecular complexity index is 332. The Labute approximate surface area is 99.9 Å². The minimum atomic E-state index is -4.70. The molecular weight excluding hydrogens is 378 g/mol. The fraction of sp³-hybridized carbons (Fsp3) is 0.143. The van der Waals surface area contributed by atoms with Gasteiger partial charge in [-0.1, -0.05) is 0 Å². The molecule has 0 bridgehead atoms. The van der Waals surface area contributed by atoms with Crippen LogP contribution in [0.3, 0.4) is 0 Å². The van der Waals surface area contributed by atoms with Crippen LogP contribution in [-0.4, -0.2) is 6.36 Å². The Morgan fingerprint density at radius 3 is 2.36 bits per heavy atom. The van der Waals surface area contributed by atoms with Gasteiger partial charge in [0.15, 0.2) is 5.75 Å². The number of rotatable bonds is 1. The Kier molecular flexibility index (Phi) is 3.51. The van der Waals surface area contributed by atoms with Gasteiger partial charge >= 0.3 is 6.36 Å². The van der Waals surface area contributed by atoms with Crippen molar-refractivity contribution in [3.05, 3.63) is 20.2 Å². The Balaban J connectivity index is 3.09. The van der Waals surface area contributed by atoms with Crippen LogP contribution in [-0.2, 0) is 0 Å². The summed E-state index contributed by atoms with van der Waals surface area (Å²) in [5, 5.41) is 0. The molecule has 0 fully saturated rings. The van der Waals surface area contributed by atoms with E-state index in [0.29, 0.717) is 9.26 Å². The quantitative estimate of drug-likeness (QED) is 0.596. The molecule has 0 radical (unpaired) electrons. The predicted molar refractivity (Wildman–Crippen MR) is 58.0 cm³/mol. The normalized spacial score (nSPS) is 11.5. The maximum Gasteiger partial charge on any atom is 0.573 e. The average Bonchev–Trinajstić information content (AvgIpc) is 1.95. The third-order valence-corrected chi connectivity index (χ3v) is 2.63. The van der Waals surface area contributed by atoms with Crippen molar-refractivity contribution in [2.24, 2.45) is 0 Å². The maximum absolute atomic E-state index is 11.9. The molecule has 78 valence electrons. The molecule has 0 saturated heterocycles. The first-order valence-corrected chi connectivity index (χ1v) is 5.17. The standard InChI is InChI=1S/C7H4BrF3INO/c8-4-1-3(13)2-5(12)6(4)14-7(9,10)11/h1-2H,13H2. The Morgan fingerprint density at radius 1 is 1.36 bits per heavy atom. The van der Waals surface area contributed by atoms with Gasteiger partial charge in [-0.3, -0.25) is 0 Å². The highest BCUT2D eigenvalue weighted by Crippen LogP contribution is 2.36. The largest absolute Gasteiger partial charge is 0.573 e. The lowest BCUT2D eigenvalue weighted by Crippen LogP contribution is -2.18. The SMILES string of the molecule is Nc1cc(Br)c(OC(F)(F)F)c(I)c1. The molecule has 0 aromatic heterocycles. The second-order valence-electron chi connectivity index (χ2n) is 2.36. The number of halogens is 5. The first-order valence-electron chi connectivity index (χ1n) is 3.30. The molecule has 0 unspecified atom stereocenters. The van der Waals surface area contributed by atoms with Gasteiger partial charge in [-0.25, -0.2) is 0 Å². The number of anilines is 1. The molecule has 1 aromatic carbocycles. The summed E-state index contributed by atoms with van der Waals surface area (Å²) in [5.41, 5.74) is 5.79. The van der Waals surface area contributed by atoms with Crippen LogP contribution < -0.4 is 10.5 Å². The van der Waals surface area contributed by atoms with Crippen LogP contribution >= 0.6 is 38.5 Å². The molecule has 2 nitrogen and oxygen atoms in total. The molecule has 14 heavy (non-hydrogen) atoms. The predicted octanol–water partition coefficient (Wildman–Crippen LogP) is 3.53. The van der Waals surface area contributed by atoms with Gasteiger partial charge in [0, 0.05) is 5.69 Å². The second-order valence-corrected chi connectivity index (χ2v) is 4.38. The average molecular weight is 382 g/mol. The van der Waals surface area contributed by atoms with Crippen molar-refractivity contribution in [1.29, 1.82) is 0 Å². The van der Waals surface area contributed by atoms with Crippen molar-refractivity contribution in [3.63, 3.8) is 0 Å². The molecule has 0 amide bonds. The van der Waals surface area contributed by atoms with Gasteiger partial charge in [-0.15, -0.1) is 13.2 Å². The number of hydrogen-bond acceptors (Lipinski definition) is 2. The highest BCUT2D eigenvalue weighted by Gasteiger charge is 2.32. The molecular formula is C7H4BrF3INO. The summed E-state index contributed by atoms with van der Waals surface area (Å²) < 4.78 is 40.1. The Hall–Kier alpha value is -0.180. The summed E-state index contributed by atoms with van der Waals surface area (Å²) >= 11 is 4.66. The summed E-state index contributed by atoms with van der Waals surface area (Å²) in [5.74, 6) is -0.271. The fourth-order valence-corrected chi connectivity index (χ4v) is 2.48. The molecule has 0 saturated carbocycles. The van der Waals surface area contributed by atoms with Crippen LogP contribution in [0.15, 0.2) is 16.6 Å². The van der Waals surface area contributed by atoms with E-state index in [2.05, 4.69) is 20.7 Å². The van der Waals surface area contributed by atoms with Gasteiger partial charge in [0.2, 0.25) is 0 Å². The van der Waals surface area contributed by atoms with E-state index in [1.54, 1.807) is 22.6 Å². The van der Waals surface area contributed by atoms with Gasteiger partial charge in [-0.2, -0.15) is 0 Å². The van der Waals surface area contributed by atoms with E-state index >= 15 is 0 Å². The molecule has 0 atom stereocenters. The highest BCUT2D eigenvalue weighted by atomic mass is 127. The van der Waals surface area contributed by atoms with Crippen LogP contribution in [0, 0.1) is 3.57 Å². The molecule has 0 aliphatic carbocycles. The summed E-state index contributed by atoms with van der Waals surface area (Å²) in [4.78, 5) is 0. The summed E-state index contributed by atoms with van der Waals surface area (Å²) in [7, 11) is 0. The van der Waals surface area contributed by atoms with Crippen LogP contribution in [0.2, 0.25) is 0 Å². The van der Waals surface area contributed by atoms with E-state index in [0.717, 1.165) is 0 Å². The molecule has 2 N–H and O–H groups in total. The van der Waals surface area contributed by atoms with E-state index in [4.69, 9.17) is 5.73 Å². The Morgan fingerprint density at radius 2 is 1.93 bits per heavy atom. The molecule has 0 aliphatic rings. The lowest BCUT2D eigenvalue weighted by atomic mass is 10.3. The van der Waals surface area contributed by atoms with Crippen LogP contribution in [0.25, 0.3) is 0 Å². The van der Waals surface area contributed by atoms with E-state index in [-0.39, 0.29) is 10.2 Å².